The first kappa shape index (κ1) is 19.9. The number of carbonyl (C=O) groups excluding carboxylic acids is 1. The first-order valence-electron chi connectivity index (χ1n) is 8.40. The number of carbonyl (C=O) groups is 1. The van der Waals surface area contributed by atoms with Crippen molar-refractivity contribution in [1.82, 2.24) is 20.0 Å². The predicted molar refractivity (Wildman–Crippen MR) is 107 cm³/mol. The number of hydrogen-bond donors (Lipinski definition) is 2. The van der Waals surface area contributed by atoms with Crippen molar-refractivity contribution in [3.05, 3.63) is 29.3 Å². The summed E-state index contributed by atoms with van der Waals surface area (Å²) >= 11 is 11.5. The molecule has 6 nitrogen and oxygen atoms in total. The van der Waals surface area contributed by atoms with Crippen LogP contribution in [0.25, 0.3) is 0 Å². The van der Waals surface area contributed by atoms with E-state index in [1.165, 1.54) is 0 Å². The number of piperazine rings is 1. The molecule has 1 aliphatic rings. The van der Waals surface area contributed by atoms with Crippen molar-refractivity contribution in [2.24, 2.45) is 0 Å². The Bertz CT molecular complexity index is 590. The van der Waals surface area contributed by atoms with Crippen LogP contribution in [0.2, 0.25) is 5.02 Å². The van der Waals surface area contributed by atoms with Gasteiger partial charge in [-0.25, -0.2) is 0 Å². The minimum absolute atomic E-state index is 0.0479. The van der Waals surface area contributed by atoms with Gasteiger partial charge in [0.2, 0.25) is 5.91 Å². The van der Waals surface area contributed by atoms with Crippen LogP contribution < -0.4 is 10.6 Å². The summed E-state index contributed by atoms with van der Waals surface area (Å²) in [6.45, 7) is 5.42. The van der Waals surface area contributed by atoms with Gasteiger partial charge in [-0.2, -0.15) is 0 Å². The van der Waals surface area contributed by atoms with E-state index in [1.54, 1.807) is 12.1 Å². The summed E-state index contributed by atoms with van der Waals surface area (Å²) in [5.74, 6) is -0.0479. The van der Waals surface area contributed by atoms with Crippen molar-refractivity contribution < 1.29 is 4.79 Å². The number of thiocarbonyl (C=S) groups is 1. The molecule has 0 atom stereocenters. The predicted octanol–water partition coefficient (Wildman–Crippen LogP) is 1.33. The minimum Gasteiger partial charge on any atom is -0.361 e. The third kappa shape index (κ3) is 6.78. The Balaban J connectivity index is 1.70. The molecule has 2 rings (SSSR count). The maximum absolute atomic E-state index is 12.2. The second kappa shape index (κ2) is 9.91. The molecule has 1 heterocycles. The van der Waals surface area contributed by atoms with E-state index in [0.29, 0.717) is 17.3 Å². The first-order chi connectivity index (χ1) is 12.0. The fourth-order valence-electron chi connectivity index (χ4n) is 2.56. The molecule has 1 amide bonds. The Morgan fingerprint density at radius 1 is 1.24 bits per heavy atom. The Hall–Kier alpha value is -1.41. The highest BCUT2D eigenvalue weighted by atomic mass is 35.5. The first-order valence-corrected chi connectivity index (χ1v) is 9.18. The molecular formula is C17H26ClN5OS. The van der Waals surface area contributed by atoms with E-state index in [1.807, 2.05) is 26.2 Å². The van der Waals surface area contributed by atoms with Gasteiger partial charge in [0.05, 0.1) is 17.3 Å². The second-order valence-electron chi connectivity index (χ2n) is 6.33. The van der Waals surface area contributed by atoms with Crippen LogP contribution >= 0.6 is 23.8 Å². The van der Waals surface area contributed by atoms with Gasteiger partial charge in [-0.15, -0.1) is 0 Å². The molecule has 25 heavy (non-hydrogen) atoms. The number of hydrogen-bond acceptors (Lipinski definition) is 4. The fraction of sp³-hybridized carbons (Fsp3) is 0.529. The number of likely N-dealkylation sites (N-methyl/N-ethyl adjacent to an activating group) is 1. The Labute approximate surface area is 160 Å². The SMILES string of the molecule is CN(C)CCNC(=S)N1CCN(CC(=O)Nc2ccccc2Cl)CC1. The monoisotopic (exact) mass is 383 g/mol. The van der Waals surface area contributed by atoms with Crippen molar-refractivity contribution in [3.63, 3.8) is 0 Å². The third-order valence-corrected chi connectivity index (χ3v) is 4.74. The standard InChI is InChI=1S/C17H26ClN5OS/c1-21(2)8-7-19-17(25)23-11-9-22(10-12-23)13-16(24)20-15-6-4-3-5-14(15)18/h3-6H,7-13H2,1-2H3,(H,19,25)(H,20,24). The Morgan fingerprint density at radius 3 is 2.56 bits per heavy atom. The van der Waals surface area contributed by atoms with Gasteiger partial charge in [0, 0.05) is 39.3 Å². The number of nitrogens with one attached hydrogen (secondary N) is 2. The summed E-state index contributed by atoms with van der Waals surface area (Å²) in [6.07, 6.45) is 0. The number of halogens is 1. The number of rotatable bonds is 6. The van der Waals surface area contributed by atoms with Crippen LogP contribution in [-0.4, -0.2) is 85.6 Å². The summed E-state index contributed by atoms with van der Waals surface area (Å²) in [5, 5.41) is 7.49. The van der Waals surface area contributed by atoms with E-state index in [-0.39, 0.29) is 5.91 Å². The van der Waals surface area contributed by atoms with Gasteiger partial charge in [-0.1, -0.05) is 23.7 Å². The summed E-state index contributed by atoms with van der Waals surface area (Å²) in [5.41, 5.74) is 0.652. The van der Waals surface area contributed by atoms with E-state index in [2.05, 4.69) is 25.3 Å². The highest BCUT2D eigenvalue weighted by molar-refractivity contribution is 7.80. The number of amides is 1. The summed E-state index contributed by atoms with van der Waals surface area (Å²) in [4.78, 5) is 18.6. The fourth-order valence-corrected chi connectivity index (χ4v) is 3.03. The zero-order chi connectivity index (χ0) is 18.2. The lowest BCUT2D eigenvalue weighted by Gasteiger charge is -2.36. The summed E-state index contributed by atoms with van der Waals surface area (Å²) in [7, 11) is 4.08. The number of nitrogens with zero attached hydrogens (tertiary/aromatic N) is 3. The van der Waals surface area contributed by atoms with Crippen molar-refractivity contribution in [3.8, 4) is 0 Å². The molecule has 0 unspecified atom stereocenters. The van der Waals surface area contributed by atoms with E-state index >= 15 is 0 Å². The molecule has 8 heteroatoms. The molecule has 0 spiro atoms. The van der Waals surface area contributed by atoms with Gasteiger partial charge in [0.1, 0.15) is 0 Å². The van der Waals surface area contributed by atoms with Crippen LogP contribution in [0.4, 0.5) is 5.69 Å². The van der Waals surface area contributed by atoms with Gasteiger partial charge >= 0.3 is 0 Å². The van der Waals surface area contributed by atoms with Gasteiger partial charge in [0.15, 0.2) is 5.11 Å². The van der Waals surface area contributed by atoms with E-state index in [0.717, 1.165) is 44.4 Å². The zero-order valence-corrected chi connectivity index (χ0v) is 16.4. The third-order valence-electron chi connectivity index (χ3n) is 4.01. The molecule has 1 saturated heterocycles. The molecule has 0 bridgehead atoms. The topological polar surface area (TPSA) is 50.9 Å². The zero-order valence-electron chi connectivity index (χ0n) is 14.8. The largest absolute Gasteiger partial charge is 0.361 e. The molecular weight excluding hydrogens is 358 g/mol. The lowest BCUT2D eigenvalue weighted by atomic mass is 10.3. The van der Waals surface area contributed by atoms with Crippen LogP contribution in [0.5, 0.6) is 0 Å². The lowest BCUT2D eigenvalue weighted by Crippen LogP contribution is -2.53. The maximum atomic E-state index is 12.2. The van der Waals surface area contributed by atoms with Crippen molar-refractivity contribution in [1.29, 1.82) is 0 Å². The molecule has 138 valence electrons. The van der Waals surface area contributed by atoms with Crippen molar-refractivity contribution in [2.45, 2.75) is 0 Å². The lowest BCUT2D eigenvalue weighted by molar-refractivity contribution is -0.117. The number of anilines is 1. The normalized spacial score (nSPS) is 15.3. The molecule has 0 aromatic heterocycles. The highest BCUT2D eigenvalue weighted by Crippen LogP contribution is 2.20. The highest BCUT2D eigenvalue weighted by Gasteiger charge is 2.20. The maximum Gasteiger partial charge on any atom is 0.238 e. The van der Waals surface area contributed by atoms with Crippen molar-refractivity contribution in [2.75, 3.05) is 65.2 Å². The van der Waals surface area contributed by atoms with E-state index < -0.39 is 0 Å². The van der Waals surface area contributed by atoms with Crippen LogP contribution in [-0.2, 0) is 4.79 Å². The average Bonchev–Trinajstić information content (AvgIpc) is 2.57. The molecule has 2 N–H and O–H groups in total. The molecule has 0 aliphatic carbocycles. The van der Waals surface area contributed by atoms with Crippen LogP contribution in [0.3, 0.4) is 0 Å². The molecule has 1 aliphatic heterocycles. The number of benzene rings is 1. The molecule has 0 saturated carbocycles. The van der Waals surface area contributed by atoms with Crippen LogP contribution in [0.1, 0.15) is 0 Å². The van der Waals surface area contributed by atoms with Crippen molar-refractivity contribution >= 4 is 40.5 Å². The quantitative estimate of drug-likeness (QED) is 0.723. The smallest absolute Gasteiger partial charge is 0.238 e. The molecule has 1 fully saturated rings. The minimum atomic E-state index is -0.0479. The van der Waals surface area contributed by atoms with Crippen LogP contribution in [0.15, 0.2) is 24.3 Å². The van der Waals surface area contributed by atoms with Crippen LogP contribution in [0, 0.1) is 0 Å². The van der Waals surface area contributed by atoms with Gasteiger partial charge < -0.3 is 20.4 Å². The van der Waals surface area contributed by atoms with Gasteiger partial charge in [0.25, 0.3) is 0 Å². The second-order valence-corrected chi connectivity index (χ2v) is 7.12. The molecule has 1 aromatic rings. The van der Waals surface area contributed by atoms with E-state index in [9.17, 15) is 4.79 Å². The Morgan fingerprint density at radius 2 is 1.92 bits per heavy atom. The van der Waals surface area contributed by atoms with Gasteiger partial charge in [-0.3, -0.25) is 9.69 Å². The summed E-state index contributed by atoms with van der Waals surface area (Å²) < 4.78 is 0. The molecule has 1 aromatic carbocycles. The molecule has 0 radical (unpaired) electrons. The number of para-hydroxylation sites is 1. The van der Waals surface area contributed by atoms with Gasteiger partial charge in [-0.05, 0) is 38.4 Å². The van der Waals surface area contributed by atoms with E-state index in [4.69, 9.17) is 23.8 Å². The summed E-state index contributed by atoms with van der Waals surface area (Å²) in [6, 6.07) is 7.26. The Kier molecular flexibility index (Phi) is 7.90. The average molecular weight is 384 g/mol.